The SMILES string of the molecule is CC[C@@H](C)NC(=O)C(=O)N/N=C\c1ccc(OCC(=O)Nc2ccccc2Cl)c(OC)c1. The summed E-state index contributed by atoms with van der Waals surface area (Å²) in [6.45, 7) is 3.44. The van der Waals surface area contributed by atoms with Crippen LogP contribution in [0, 0.1) is 0 Å². The summed E-state index contributed by atoms with van der Waals surface area (Å²) in [5.74, 6) is -1.30. The van der Waals surface area contributed by atoms with E-state index < -0.39 is 11.8 Å². The van der Waals surface area contributed by atoms with Crippen molar-refractivity contribution in [1.82, 2.24) is 10.7 Å². The molecule has 0 saturated heterocycles. The number of hydrazone groups is 1. The second kappa shape index (κ2) is 12.3. The molecule has 0 spiro atoms. The first-order valence-corrected chi connectivity index (χ1v) is 10.2. The lowest BCUT2D eigenvalue weighted by Crippen LogP contribution is -2.41. The van der Waals surface area contributed by atoms with Gasteiger partial charge in [0.05, 0.1) is 24.0 Å². The Hall–Kier alpha value is -3.59. The molecular formula is C22H25ClN4O5. The van der Waals surface area contributed by atoms with Gasteiger partial charge in [0, 0.05) is 6.04 Å². The molecule has 0 radical (unpaired) electrons. The molecule has 0 aromatic heterocycles. The van der Waals surface area contributed by atoms with E-state index in [-0.39, 0.29) is 18.6 Å². The lowest BCUT2D eigenvalue weighted by molar-refractivity contribution is -0.139. The van der Waals surface area contributed by atoms with Gasteiger partial charge in [-0.05, 0) is 49.2 Å². The van der Waals surface area contributed by atoms with Crippen LogP contribution in [0.25, 0.3) is 0 Å². The number of carbonyl (C=O) groups excluding carboxylic acids is 3. The minimum Gasteiger partial charge on any atom is -0.493 e. The van der Waals surface area contributed by atoms with E-state index in [0.29, 0.717) is 34.2 Å². The molecule has 0 aliphatic carbocycles. The second-order valence-corrected chi connectivity index (χ2v) is 7.12. The van der Waals surface area contributed by atoms with Crippen LogP contribution in [-0.4, -0.2) is 43.7 Å². The molecule has 0 bridgehead atoms. The first kappa shape index (κ1) is 24.7. The number of benzene rings is 2. The molecule has 9 nitrogen and oxygen atoms in total. The number of anilines is 1. The van der Waals surface area contributed by atoms with Crippen molar-refractivity contribution in [2.45, 2.75) is 26.3 Å². The van der Waals surface area contributed by atoms with E-state index in [4.69, 9.17) is 21.1 Å². The quantitative estimate of drug-likeness (QED) is 0.302. The van der Waals surface area contributed by atoms with Crippen LogP contribution in [0.15, 0.2) is 47.6 Å². The zero-order valence-electron chi connectivity index (χ0n) is 18.0. The number of nitrogens with one attached hydrogen (secondary N) is 3. The van der Waals surface area contributed by atoms with Crippen LogP contribution in [0.2, 0.25) is 5.02 Å². The van der Waals surface area contributed by atoms with Crippen molar-refractivity contribution in [1.29, 1.82) is 0 Å². The fourth-order valence-corrected chi connectivity index (χ4v) is 2.57. The average Bonchev–Trinajstić information content (AvgIpc) is 2.79. The van der Waals surface area contributed by atoms with Crippen molar-refractivity contribution >= 4 is 41.2 Å². The Labute approximate surface area is 191 Å². The Kier molecular flexibility index (Phi) is 9.49. The standard InChI is InChI=1S/C22H25ClN4O5/c1-4-14(2)25-21(29)22(30)27-24-12-15-9-10-18(19(11-15)31-3)32-13-20(28)26-17-8-6-5-7-16(17)23/h5-12,14H,4,13H2,1-3H3,(H,25,29)(H,26,28)(H,27,30)/b24-12-/t14-/m1/s1. The molecule has 0 aliphatic heterocycles. The number of ether oxygens (including phenoxy) is 2. The molecule has 2 aromatic carbocycles. The summed E-state index contributed by atoms with van der Waals surface area (Å²) < 4.78 is 10.8. The van der Waals surface area contributed by atoms with Crippen molar-refractivity contribution in [3.8, 4) is 11.5 Å². The number of nitrogens with zero attached hydrogens (tertiary/aromatic N) is 1. The summed E-state index contributed by atoms with van der Waals surface area (Å²) in [7, 11) is 1.45. The molecule has 0 unspecified atom stereocenters. The van der Waals surface area contributed by atoms with Gasteiger partial charge in [-0.2, -0.15) is 5.10 Å². The van der Waals surface area contributed by atoms with Crippen molar-refractivity contribution < 1.29 is 23.9 Å². The third kappa shape index (κ3) is 7.59. The lowest BCUT2D eigenvalue weighted by atomic mass is 10.2. The first-order chi connectivity index (χ1) is 15.3. The normalized spacial score (nSPS) is 11.5. The predicted molar refractivity (Wildman–Crippen MR) is 122 cm³/mol. The highest BCUT2D eigenvalue weighted by molar-refractivity contribution is 6.35. The van der Waals surface area contributed by atoms with Crippen LogP contribution in [-0.2, 0) is 14.4 Å². The van der Waals surface area contributed by atoms with Gasteiger partial charge in [0.2, 0.25) is 0 Å². The number of methoxy groups -OCH3 is 1. The van der Waals surface area contributed by atoms with Gasteiger partial charge in [-0.15, -0.1) is 0 Å². The van der Waals surface area contributed by atoms with Crippen LogP contribution in [0.1, 0.15) is 25.8 Å². The van der Waals surface area contributed by atoms with Crippen molar-refractivity contribution in [2.24, 2.45) is 5.10 Å². The topological polar surface area (TPSA) is 118 Å². The van der Waals surface area contributed by atoms with Crippen molar-refractivity contribution in [3.05, 3.63) is 53.1 Å². The highest BCUT2D eigenvalue weighted by Gasteiger charge is 2.14. The van der Waals surface area contributed by atoms with E-state index in [1.54, 1.807) is 49.4 Å². The van der Waals surface area contributed by atoms with E-state index in [0.717, 1.165) is 0 Å². The smallest absolute Gasteiger partial charge is 0.329 e. The molecular weight excluding hydrogens is 436 g/mol. The third-order valence-corrected chi connectivity index (χ3v) is 4.60. The summed E-state index contributed by atoms with van der Waals surface area (Å²) in [6.07, 6.45) is 2.06. The number of carbonyl (C=O) groups is 3. The molecule has 0 saturated carbocycles. The molecule has 1 atom stereocenters. The van der Waals surface area contributed by atoms with Crippen molar-refractivity contribution in [3.63, 3.8) is 0 Å². The molecule has 170 valence electrons. The largest absolute Gasteiger partial charge is 0.493 e. The van der Waals surface area contributed by atoms with Crippen LogP contribution in [0.4, 0.5) is 5.69 Å². The Morgan fingerprint density at radius 2 is 1.88 bits per heavy atom. The van der Waals surface area contributed by atoms with Gasteiger partial charge in [-0.25, -0.2) is 5.43 Å². The van der Waals surface area contributed by atoms with E-state index in [9.17, 15) is 14.4 Å². The Morgan fingerprint density at radius 3 is 2.56 bits per heavy atom. The summed E-state index contributed by atoms with van der Waals surface area (Å²) in [6, 6.07) is 11.6. The summed E-state index contributed by atoms with van der Waals surface area (Å²) in [5.41, 5.74) is 3.23. The minimum absolute atomic E-state index is 0.110. The fraction of sp³-hybridized carbons (Fsp3) is 0.273. The zero-order chi connectivity index (χ0) is 23.5. The Balaban J connectivity index is 1.92. The molecule has 3 amide bonds. The predicted octanol–water partition coefficient (Wildman–Crippen LogP) is 2.73. The molecule has 0 aliphatic rings. The number of para-hydroxylation sites is 1. The number of rotatable bonds is 9. The van der Waals surface area contributed by atoms with Crippen LogP contribution < -0.4 is 25.5 Å². The van der Waals surface area contributed by atoms with Crippen LogP contribution in [0.3, 0.4) is 0 Å². The first-order valence-electron chi connectivity index (χ1n) is 9.83. The minimum atomic E-state index is -0.863. The Morgan fingerprint density at radius 1 is 1.12 bits per heavy atom. The zero-order valence-corrected chi connectivity index (χ0v) is 18.7. The van der Waals surface area contributed by atoms with Gasteiger partial charge < -0.3 is 20.1 Å². The summed E-state index contributed by atoms with van der Waals surface area (Å²) in [4.78, 5) is 35.5. The molecule has 2 aromatic rings. The second-order valence-electron chi connectivity index (χ2n) is 6.71. The highest BCUT2D eigenvalue weighted by Crippen LogP contribution is 2.27. The number of hydrogen-bond acceptors (Lipinski definition) is 6. The van der Waals surface area contributed by atoms with E-state index in [1.165, 1.54) is 13.3 Å². The van der Waals surface area contributed by atoms with Gasteiger partial charge >= 0.3 is 11.8 Å². The average molecular weight is 461 g/mol. The lowest BCUT2D eigenvalue weighted by Gasteiger charge is -2.12. The van der Waals surface area contributed by atoms with Gasteiger partial charge in [0.1, 0.15) is 0 Å². The van der Waals surface area contributed by atoms with E-state index in [1.807, 2.05) is 6.92 Å². The number of halogens is 1. The van der Waals surface area contributed by atoms with E-state index in [2.05, 4.69) is 21.2 Å². The van der Waals surface area contributed by atoms with Crippen LogP contribution >= 0.6 is 11.6 Å². The molecule has 0 heterocycles. The maximum Gasteiger partial charge on any atom is 0.329 e. The monoisotopic (exact) mass is 460 g/mol. The van der Waals surface area contributed by atoms with Gasteiger partial charge in [-0.3, -0.25) is 14.4 Å². The van der Waals surface area contributed by atoms with Crippen molar-refractivity contribution in [2.75, 3.05) is 19.0 Å². The Bertz CT molecular complexity index is 996. The summed E-state index contributed by atoms with van der Waals surface area (Å²) in [5, 5.41) is 9.40. The summed E-state index contributed by atoms with van der Waals surface area (Å²) >= 11 is 6.02. The molecule has 32 heavy (non-hydrogen) atoms. The fourth-order valence-electron chi connectivity index (χ4n) is 2.38. The molecule has 2 rings (SSSR count). The van der Waals surface area contributed by atoms with Crippen LogP contribution in [0.5, 0.6) is 11.5 Å². The highest BCUT2D eigenvalue weighted by atomic mass is 35.5. The maximum atomic E-state index is 12.1. The maximum absolute atomic E-state index is 12.1. The van der Waals surface area contributed by atoms with E-state index >= 15 is 0 Å². The molecule has 3 N–H and O–H groups in total. The number of hydrogen-bond donors (Lipinski definition) is 3. The molecule has 0 fully saturated rings. The molecule has 10 heteroatoms. The van der Waals surface area contributed by atoms with Gasteiger partial charge in [-0.1, -0.05) is 30.7 Å². The third-order valence-electron chi connectivity index (χ3n) is 4.27. The van der Waals surface area contributed by atoms with Gasteiger partial charge in [0.15, 0.2) is 18.1 Å². The number of amides is 3. The van der Waals surface area contributed by atoms with Gasteiger partial charge in [0.25, 0.3) is 5.91 Å².